The highest BCUT2D eigenvalue weighted by Crippen LogP contribution is 2.08. The maximum atomic E-state index is 12.5. The lowest BCUT2D eigenvalue weighted by Crippen LogP contribution is -2.53. The van der Waals surface area contributed by atoms with Crippen LogP contribution in [-0.4, -0.2) is 60.7 Å². The maximum Gasteiger partial charge on any atom is 0.330 e. The van der Waals surface area contributed by atoms with E-state index in [1.54, 1.807) is 5.01 Å². The smallest absolute Gasteiger partial charge is 0.304 e. The molecule has 0 radical (unpaired) electrons. The van der Waals surface area contributed by atoms with Crippen LogP contribution in [0.1, 0.15) is 5.69 Å². The molecule has 1 aromatic rings. The monoisotopic (exact) mass is 331 g/mol. The number of likely N-dealkylation sites (N-methyl/N-ethyl adjacent to an activating group) is 1. The van der Waals surface area contributed by atoms with E-state index in [9.17, 15) is 18.0 Å². The maximum absolute atomic E-state index is 12.5. The van der Waals surface area contributed by atoms with E-state index in [-0.39, 0.29) is 5.69 Å². The van der Waals surface area contributed by atoms with Crippen molar-refractivity contribution in [2.24, 2.45) is 14.1 Å². The summed E-state index contributed by atoms with van der Waals surface area (Å²) in [4.78, 5) is 28.1. The van der Waals surface area contributed by atoms with Gasteiger partial charge in [-0.2, -0.15) is 0 Å². The van der Waals surface area contributed by atoms with Gasteiger partial charge in [-0.25, -0.2) is 18.2 Å². The molecular formula is C12H21N5O4S. The number of rotatable bonds is 3. The summed E-state index contributed by atoms with van der Waals surface area (Å²) >= 11 is 0. The van der Waals surface area contributed by atoms with Gasteiger partial charge in [-0.15, -0.1) is 4.83 Å². The van der Waals surface area contributed by atoms with Gasteiger partial charge < -0.3 is 4.90 Å². The lowest BCUT2D eigenvalue weighted by molar-refractivity contribution is 0.134. The predicted molar refractivity (Wildman–Crippen MR) is 81.1 cm³/mol. The van der Waals surface area contributed by atoms with E-state index < -0.39 is 26.2 Å². The number of nitrogens with one attached hydrogen (secondary N) is 1. The van der Waals surface area contributed by atoms with Gasteiger partial charge in [-0.1, -0.05) is 0 Å². The Morgan fingerprint density at radius 2 is 1.50 bits per heavy atom. The summed E-state index contributed by atoms with van der Waals surface area (Å²) in [5, 5.41) is 1.57. The van der Waals surface area contributed by atoms with Crippen molar-refractivity contribution in [3.05, 3.63) is 26.5 Å². The van der Waals surface area contributed by atoms with Crippen molar-refractivity contribution in [1.29, 1.82) is 0 Å². The fourth-order valence-electron chi connectivity index (χ4n) is 2.34. The van der Waals surface area contributed by atoms with Crippen LogP contribution >= 0.6 is 0 Å². The van der Waals surface area contributed by atoms with Crippen molar-refractivity contribution in [2.45, 2.75) is 11.8 Å². The molecule has 10 heteroatoms. The van der Waals surface area contributed by atoms with Crippen LogP contribution in [0, 0.1) is 6.92 Å². The molecule has 0 atom stereocenters. The van der Waals surface area contributed by atoms with Gasteiger partial charge in [-0.3, -0.25) is 13.9 Å². The van der Waals surface area contributed by atoms with Gasteiger partial charge in [0.05, 0.1) is 0 Å². The third-order valence-electron chi connectivity index (χ3n) is 3.93. The topological polar surface area (TPSA) is 96.7 Å². The molecule has 0 unspecified atom stereocenters. The predicted octanol–water partition coefficient (Wildman–Crippen LogP) is -2.17. The summed E-state index contributed by atoms with van der Waals surface area (Å²) in [6.07, 6.45) is 0. The first-order valence-electron chi connectivity index (χ1n) is 6.87. The number of nitrogens with zero attached hydrogens (tertiary/aromatic N) is 4. The molecule has 0 spiro atoms. The normalized spacial score (nSPS) is 17.8. The van der Waals surface area contributed by atoms with Crippen LogP contribution in [-0.2, 0) is 24.1 Å². The molecule has 9 nitrogen and oxygen atoms in total. The van der Waals surface area contributed by atoms with Gasteiger partial charge in [-0.05, 0) is 14.0 Å². The summed E-state index contributed by atoms with van der Waals surface area (Å²) in [5.74, 6) is 0. The number of hydrogen-bond donors (Lipinski definition) is 1. The molecule has 0 aliphatic carbocycles. The first-order valence-corrected chi connectivity index (χ1v) is 8.36. The molecular weight excluding hydrogens is 310 g/mol. The number of piperazine rings is 1. The van der Waals surface area contributed by atoms with Gasteiger partial charge in [0.25, 0.3) is 15.6 Å². The summed E-state index contributed by atoms with van der Waals surface area (Å²) < 4.78 is 27.0. The molecule has 124 valence electrons. The molecule has 22 heavy (non-hydrogen) atoms. The fraction of sp³-hybridized carbons (Fsp3) is 0.667. The Morgan fingerprint density at radius 3 is 2.05 bits per heavy atom. The molecule has 0 bridgehead atoms. The Bertz CT molecular complexity index is 787. The zero-order chi connectivity index (χ0) is 16.7. The molecule has 0 saturated carbocycles. The van der Waals surface area contributed by atoms with Crippen molar-refractivity contribution in [1.82, 2.24) is 23.9 Å². The molecule has 1 fully saturated rings. The third kappa shape index (κ3) is 3.00. The Labute approximate surface area is 128 Å². The van der Waals surface area contributed by atoms with Crippen molar-refractivity contribution < 1.29 is 8.42 Å². The van der Waals surface area contributed by atoms with Crippen molar-refractivity contribution in [2.75, 3.05) is 33.2 Å². The minimum Gasteiger partial charge on any atom is -0.304 e. The first-order chi connectivity index (χ1) is 10.1. The Hall–Kier alpha value is -1.49. The van der Waals surface area contributed by atoms with Crippen LogP contribution < -0.4 is 16.1 Å². The number of aromatic nitrogens is 2. The SMILES string of the molecule is Cc1c(S(=O)(=O)NN2CCN(C)CC2)c(=O)n(C)c(=O)n1C. The lowest BCUT2D eigenvalue weighted by Gasteiger charge is -2.32. The molecule has 0 aromatic carbocycles. The molecule has 1 saturated heterocycles. The average molecular weight is 331 g/mol. The highest BCUT2D eigenvalue weighted by Gasteiger charge is 2.28. The van der Waals surface area contributed by atoms with E-state index >= 15 is 0 Å². The number of sulfonamides is 1. The molecule has 2 heterocycles. The van der Waals surface area contributed by atoms with Gasteiger partial charge in [0.1, 0.15) is 0 Å². The van der Waals surface area contributed by atoms with E-state index in [0.29, 0.717) is 13.1 Å². The summed E-state index contributed by atoms with van der Waals surface area (Å²) in [5.41, 5.74) is -1.25. The van der Waals surface area contributed by atoms with Crippen LogP contribution in [0.3, 0.4) is 0 Å². The van der Waals surface area contributed by atoms with Crippen molar-refractivity contribution >= 4 is 10.0 Å². The second-order valence-corrected chi connectivity index (χ2v) is 7.10. The van der Waals surface area contributed by atoms with E-state index in [2.05, 4.69) is 9.73 Å². The van der Waals surface area contributed by atoms with E-state index in [4.69, 9.17) is 0 Å². The average Bonchev–Trinajstić information content (AvgIpc) is 2.45. The lowest BCUT2D eigenvalue weighted by atomic mass is 10.4. The van der Waals surface area contributed by atoms with Gasteiger partial charge >= 0.3 is 5.69 Å². The first kappa shape index (κ1) is 16.9. The zero-order valence-corrected chi connectivity index (χ0v) is 14.0. The van der Waals surface area contributed by atoms with Crippen molar-refractivity contribution in [3.8, 4) is 0 Å². The van der Waals surface area contributed by atoms with E-state index in [1.165, 1.54) is 21.0 Å². The fourth-order valence-corrected chi connectivity index (χ4v) is 3.84. The van der Waals surface area contributed by atoms with Crippen LogP contribution in [0.25, 0.3) is 0 Å². The summed E-state index contributed by atoms with van der Waals surface area (Å²) in [6, 6.07) is 0. The van der Waals surface area contributed by atoms with Crippen LogP contribution in [0.5, 0.6) is 0 Å². The molecule has 1 N–H and O–H groups in total. The minimum atomic E-state index is -4.04. The molecule has 0 amide bonds. The standard InChI is InChI=1S/C12H21N5O4S/c1-9-10(11(18)16(4)12(19)15(9)3)22(20,21)13-17-7-5-14(2)6-8-17/h13H,5-8H2,1-4H3. The highest BCUT2D eigenvalue weighted by molar-refractivity contribution is 7.89. The Kier molecular flexibility index (Phi) is 4.57. The largest absolute Gasteiger partial charge is 0.330 e. The van der Waals surface area contributed by atoms with E-state index in [1.807, 2.05) is 7.05 Å². The summed E-state index contributed by atoms with van der Waals surface area (Å²) in [7, 11) is 0.620. The van der Waals surface area contributed by atoms with Crippen LogP contribution in [0.15, 0.2) is 14.5 Å². The third-order valence-corrected chi connectivity index (χ3v) is 5.43. The van der Waals surface area contributed by atoms with Crippen molar-refractivity contribution in [3.63, 3.8) is 0 Å². The second kappa shape index (κ2) is 5.95. The van der Waals surface area contributed by atoms with Crippen LogP contribution in [0.2, 0.25) is 0 Å². The summed E-state index contributed by atoms with van der Waals surface area (Å²) in [6.45, 7) is 3.96. The van der Waals surface area contributed by atoms with Gasteiger partial charge in [0, 0.05) is 46.0 Å². The minimum absolute atomic E-state index is 0.120. The number of hydrazine groups is 1. The van der Waals surface area contributed by atoms with Gasteiger partial charge in [0.2, 0.25) is 0 Å². The van der Waals surface area contributed by atoms with Crippen LogP contribution in [0.4, 0.5) is 0 Å². The molecule has 2 rings (SSSR count). The quantitative estimate of drug-likeness (QED) is 0.677. The second-order valence-electron chi connectivity index (χ2n) is 5.51. The molecule has 1 aromatic heterocycles. The Morgan fingerprint density at radius 1 is 0.955 bits per heavy atom. The number of hydrogen-bond acceptors (Lipinski definition) is 6. The zero-order valence-electron chi connectivity index (χ0n) is 13.2. The molecule has 1 aliphatic heterocycles. The Balaban J connectivity index is 2.43. The van der Waals surface area contributed by atoms with Gasteiger partial charge in [0.15, 0.2) is 4.90 Å². The highest BCUT2D eigenvalue weighted by atomic mass is 32.2. The van der Waals surface area contributed by atoms with E-state index in [0.717, 1.165) is 22.2 Å². The molecule has 1 aliphatic rings.